The highest BCUT2D eigenvalue weighted by Crippen LogP contribution is 2.28. The molecule has 1 rings (SSSR count). The Kier molecular flexibility index (Phi) is 5.47. The van der Waals surface area contributed by atoms with Crippen molar-refractivity contribution in [3.63, 3.8) is 0 Å². The number of alkyl halides is 4. The Morgan fingerprint density at radius 3 is 2.50 bits per heavy atom. The summed E-state index contributed by atoms with van der Waals surface area (Å²) in [6, 6.07) is 5.43. The van der Waals surface area contributed by atoms with Crippen molar-refractivity contribution in [3.8, 4) is 5.75 Å². The number of halogens is 4. The number of hydrogen-bond donors (Lipinski definition) is 0. The maximum absolute atomic E-state index is 11.9. The van der Waals surface area contributed by atoms with Crippen LogP contribution in [-0.4, -0.2) is 26.5 Å². The van der Waals surface area contributed by atoms with Crippen molar-refractivity contribution in [3.05, 3.63) is 29.3 Å². The van der Waals surface area contributed by atoms with Gasteiger partial charge in [0.25, 0.3) is 0 Å². The number of hydrogen-bond acceptors (Lipinski definition) is 2. The summed E-state index contributed by atoms with van der Waals surface area (Å²) in [5, 5.41) is 0. The Morgan fingerprint density at radius 2 is 2.00 bits per heavy atom. The fourth-order valence-corrected chi connectivity index (χ4v) is 1.94. The zero-order valence-corrected chi connectivity index (χ0v) is 11.6. The number of rotatable bonds is 5. The van der Waals surface area contributed by atoms with Crippen LogP contribution in [-0.2, 0) is 4.74 Å². The van der Waals surface area contributed by atoms with Crippen LogP contribution in [0.2, 0.25) is 0 Å². The lowest BCUT2D eigenvalue weighted by atomic mass is 10.1. The number of ether oxygens (including phenoxy) is 2. The van der Waals surface area contributed by atoms with E-state index >= 15 is 0 Å². The smallest absolute Gasteiger partial charge is 0.411 e. The minimum Gasteiger partial charge on any atom is -0.496 e. The van der Waals surface area contributed by atoms with Crippen LogP contribution >= 0.6 is 15.9 Å². The number of aryl methyl sites for hydroxylation is 1. The Hall–Kier alpha value is -0.750. The van der Waals surface area contributed by atoms with Crippen LogP contribution in [0.15, 0.2) is 18.2 Å². The van der Waals surface area contributed by atoms with Crippen LogP contribution in [0.1, 0.15) is 16.0 Å². The third-order valence-corrected chi connectivity index (χ3v) is 3.10. The summed E-state index contributed by atoms with van der Waals surface area (Å²) in [7, 11) is 1.57. The highest BCUT2D eigenvalue weighted by Gasteiger charge is 2.27. The molecule has 18 heavy (non-hydrogen) atoms. The first kappa shape index (κ1) is 15.3. The molecular weight excluding hydrogens is 313 g/mol. The van der Waals surface area contributed by atoms with E-state index in [4.69, 9.17) is 4.74 Å². The third kappa shape index (κ3) is 4.86. The molecule has 102 valence electrons. The van der Waals surface area contributed by atoms with Crippen molar-refractivity contribution in [2.45, 2.75) is 17.9 Å². The van der Waals surface area contributed by atoms with Crippen LogP contribution in [0, 0.1) is 6.92 Å². The Bertz CT molecular complexity index is 393. The normalized spacial score (nSPS) is 13.4. The highest BCUT2D eigenvalue weighted by atomic mass is 79.9. The van der Waals surface area contributed by atoms with Crippen LogP contribution in [0.5, 0.6) is 5.75 Å². The van der Waals surface area contributed by atoms with E-state index < -0.39 is 12.8 Å². The number of methoxy groups -OCH3 is 1. The lowest BCUT2D eigenvalue weighted by molar-refractivity contribution is -0.173. The second-order valence-electron chi connectivity index (χ2n) is 3.83. The van der Waals surface area contributed by atoms with Gasteiger partial charge in [0.1, 0.15) is 12.4 Å². The molecule has 0 N–H and O–H groups in total. The van der Waals surface area contributed by atoms with Gasteiger partial charge in [-0.1, -0.05) is 28.1 Å². The van der Waals surface area contributed by atoms with Crippen molar-refractivity contribution < 1.29 is 22.6 Å². The molecule has 1 atom stereocenters. The van der Waals surface area contributed by atoms with E-state index in [1.165, 1.54) is 0 Å². The van der Waals surface area contributed by atoms with E-state index in [-0.39, 0.29) is 11.4 Å². The molecular formula is C12H14BrF3O2. The van der Waals surface area contributed by atoms with E-state index in [0.29, 0.717) is 0 Å². The SMILES string of the molecule is COc1ccc(C(Br)COCC(F)(F)F)cc1C. The molecule has 0 radical (unpaired) electrons. The average Bonchev–Trinajstić information content (AvgIpc) is 2.27. The summed E-state index contributed by atoms with van der Waals surface area (Å²) in [5.74, 6) is 0.745. The zero-order valence-electron chi connectivity index (χ0n) is 10.1. The maximum atomic E-state index is 11.9. The zero-order chi connectivity index (χ0) is 13.8. The van der Waals surface area contributed by atoms with Crippen molar-refractivity contribution in [2.75, 3.05) is 20.3 Å². The van der Waals surface area contributed by atoms with Gasteiger partial charge in [-0.05, 0) is 24.1 Å². The summed E-state index contributed by atoms with van der Waals surface area (Å²) in [6.45, 7) is 0.605. The fraction of sp³-hybridized carbons (Fsp3) is 0.500. The van der Waals surface area contributed by atoms with Gasteiger partial charge in [0.15, 0.2) is 0 Å². The van der Waals surface area contributed by atoms with Gasteiger partial charge in [0.05, 0.1) is 18.5 Å². The predicted molar refractivity (Wildman–Crippen MR) is 66.3 cm³/mol. The quantitative estimate of drug-likeness (QED) is 0.761. The Balaban J connectivity index is 2.56. The van der Waals surface area contributed by atoms with Crippen molar-refractivity contribution in [1.82, 2.24) is 0 Å². The van der Waals surface area contributed by atoms with E-state index in [0.717, 1.165) is 16.9 Å². The van der Waals surface area contributed by atoms with Gasteiger partial charge >= 0.3 is 6.18 Å². The van der Waals surface area contributed by atoms with E-state index in [9.17, 15) is 13.2 Å². The topological polar surface area (TPSA) is 18.5 Å². The first-order valence-corrected chi connectivity index (χ1v) is 6.18. The minimum absolute atomic E-state index is 0.0364. The summed E-state index contributed by atoms with van der Waals surface area (Å²) < 4.78 is 45.5. The second kappa shape index (κ2) is 6.43. The van der Waals surface area contributed by atoms with Gasteiger partial charge in [-0.25, -0.2) is 0 Å². The molecule has 0 aliphatic carbocycles. The molecule has 1 aromatic rings. The summed E-state index contributed by atoms with van der Waals surface area (Å²) in [6.07, 6.45) is -4.29. The summed E-state index contributed by atoms with van der Waals surface area (Å²) >= 11 is 3.30. The van der Waals surface area contributed by atoms with Crippen molar-refractivity contribution >= 4 is 15.9 Å². The molecule has 2 nitrogen and oxygen atoms in total. The van der Waals surface area contributed by atoms with Gasteiger partial charge in [-0.15, -0.1) is 0 Å². The molecule has 0 saturated heterocycles. The maximum Gasteiger partial charge on any atom is 0.411 e. The molecule has 0 spiro atoms. The van der Waals surface area contributed by atoms with Crippen LogP contribution in [0.25, 0.3) is 0 Å². The molecule has 1 unspecified atom stereocenters. The molecule has 0 aliphatic rings. The first-order chi connectivity index (χ1) is 8.33. The highest BCUT2D eigenvalue weighted by molar-refractivity contribution is 9.09. The van der Waals surface area contributed by atoms with Crippen LogP contribution < -0.4 is 4.74 Å². The first-order valence-electron chi connectivity index (χ1n) is 5.26. The van der Waals surface area contributed by atoms with Crippen LogP contribution in [0.3, 0.4) is 0 Å². The van der Waals surface area contributed by atoms with E-state index in [2.05, 4.69) is 20.7 Å². The predicted octanol–water partition coefficient (Wildman–Crippen LogP) is 4.02. The number of benzene rings is 1. The van der Waals surface area contributed by atoms with Gasteiger partial charge in [0.2, 0.25) is 0 Å². The van der Waals surface area contributed by atoms with E-state index in [1.54, 1.807) is 19.2 Å². The second-order valence-corrected chi connectivity index (χ2v) is 4.93. The monoisotopic (exact) mass is 326 g/mol. The standard InChI is InChI=1S/C12H14BrF3O2/c1-8-5-9(3-4-11(8)17-2)10(13)6-18-7-12(14,15)16/h3-5,10H,6-7H2,1-2H3. The van der Waals surface area contributed by atoms with E-state index in [1.807, 2.05) is 13.0 Å². The summed E-state index contributed by atoms with van der Waals surface area (Å²) in [4.78, 5) is -0.274. The Morgan fingerprint density at radius 1 is 1.33 bits per heavy atom. The molecule has 0 aliphatic heterocycles. The minimum atomic E-state index is -4.29. The third-order valence-electron chi connectivity index (χ3n) is 2.31. The summed E-state index contributed by atoms with van der Waals surface area (Å²) in [5.41, 5.74) is 1.78. The lowest BCUT2D eigenvalue weighted by Crippen LogP contribution is -2.18. The largest absolute Gasteiger partial charge is 0.496 e. The van der Waals surface area contributed by atoms with Gasteiger partial charge in [-0.3, -0.25) is 0 Å². The molecule has 0 heterocycles. The Labute approximate surface area is 112 Å². The molecule has 6 heteroatoms. The molecule has 0 amide bonds. The fourth-order valence-electron chi connectivity index (χ4n) is 1.47. The average molecular weight is 327 g/mol. The molecule has 0 aromatic heterocycles. The van der Waals surface area contributed by atoms with Gasteiger partial charge < -0.3 is 9.47 Å². The molecule has 1 aromatic carbocycles. The van der Waals surface area contributed by atoms with Crippen molar-refractivity contribution in [1.29, 1.82) is 0 Å². The van der Waals surface area contributed by atoms with Crippen LogP contribution in [0.4, 0.5) is 13.2 Å². The van der Waals surface area contributed by atoms with Crippen molar-refractivity contribution in [2.24, 2.45) is 0 Å². The lowest BCUT2D eigenvalue weighted by Gasteiger charge is -2.14. The molecule has 0 saturated carbocycles. The molecule has 0 fully saturated rings. The molecule has 0 bridgehead atoms. The van der Waals surface area contributed by atoms with Gasteiger partial charge in [0, 0.05) is 0 Å². The van der Waals surface area contributed by atoms with Gasteiger partial charge in [-0.2, -0.15) is 13.2 Å².